The van der Waals surface area contributed by atoms with E-state index in [4.69, 9.17) is 0 Å². The Labute approximate surface area is 101 Å². The Morgan fingerprint density at radius 1 is 1.31 bits per heavy atom. The fourth-order valence-corrected chi connectivity index (χ4v) is 3.12. The summed E-state index contributed by atoms with van der Waals surface area (Å²) in [7, 11) is 1.05. The van der Waals surface area contributed by atoms with Crippen molar-refractivity contribution in [2.24, 2.45) is 5.92 Å². The third kappa shape index (κ3) is 3.72. The zero-order valence-corrected chi connectivity index (χ0v) is 11.1. The van der Waals surface area contributed by atoms with E-state index in [1.807, 2.05) is 37.4 Å². The van der Waals surface area contributed by atoms with Crippen LogP contribution >= 0.6 is 0 Å². The number of nitrogens with one attached hydrogen (secondary N) is 1. The van der Waals surface area contributed by atoms with Crippen molar-refractivity contribution in [3.63, 3.8) is 0 Å². The molecule has 0 aromatic heterocycles. The van der Waals surface area contributed by atoms with Crippen LogP contribution < -0.4 is 5.32 Å². The molecule has 0 spiro atoms. The van der Waals surface area contributed by atoms with E-state index in [1.54, 1.807) is 0 Å². The Kier molecular flexibility index (Phi) is 5.71. The lowest BCUT2D eigenvalue weighted by molar-refractivity contribution is 0.418. The molecule has 3 atom stereocenters. The van der Waals surface area contributed by atoms with E-state index >= 15 is 0 Å². The molecule has 0 saturated heterocycles. The van der Waals surface area contributed by atoms with Gasteiger partial charge in [0.05, 0.1) is 10.8 Å². The van der Waals surface area contributed by atoms with Crippen molar-refractivity contribution < 1.29 is 4.21 Å². The first-order valence-electron chi connectivity index (χ1n) is 5.79. The van der Waals surface area contributed by atoms with Crippen LogP contribution in [0.3, 0.4) is 0 Å². The molecule has 16 heavy (non-hydrogen) atoms. The van der Waals surface area contributed by atoms with Gasteiger partial charge in [0.1, 0.15) is 0 Å². The van der Waals surface area contributed by atoms with Gasteiger partial charge in [-0.1, -0.05) is 38.5 Å². The quantitative estimate of drug-likeness (QED) is 0.826. The summed E-state index contributed by atoms with van der Waals surface area (Å²) in [6.07, 6.45) is 1.11. The summed E-state index contributed by atoms with van der Waals surface area (Å²) in [5, 5.41) is 3.26. The molecule has 0 saturated carbocycles. The molecular weight excluding hydrogens is 218 g/mol. The summed E-state index contributed by atoms with van der Waals surface area (Å²) in [5.74, 6) is 1.24. The monoisotopic (exact) mass is 239 g/mol. The molecule has 3 unspecified atom stereocenters. The average Bonchev–Trinajstić information content (AvgIpc) is 2.35. The van der Waals surface area contributed by atoms with Gasteiger partial charge >= 0.3 is 0 Å². The molecule has 0 radical (unpaired) electrons. The Morgan fingerprint density at radius 3 is 2.44 bits per heavy atom. The summed E-state index contributed by atoms with van der Waals surface area (Å²) in [6.45, 7) is 4.36. The number of rotatable bonds is 6. The summed E-state index contributed by atoms with van der Waals surface area (Å²) in [4.78, 5) is 0.922. The molecular formula is C13H21NOS. The van der Waals surface area contributed by atoms with Gasteiger partial charge in [0, 0.05) is 16.7 Å². The number of benzene rings is 1. The van der Waals surface area contributed by atoms with Crippen molar-refractivity contribution in [3.05, 3.63) is 30.3 Å². The second-order valence-corrected chi connectivity index (χ2v) is 5.60. The van der Waals surface area contributed by atoms with Crippen LogP contribution in [0, 0.1) is 5.92 Å². The van der Waals surface area contributed by atoms with E-state index in [-0.39, 0.29) is 0 Å². The molecule has 0 heterocycles. The van der Waals surface area contributed by atoms with Crippen molar-refractivity contribution in [1.29, 1.82) is 0 Å². The number of hydrogen-bond acceptors (Lipinski definition) is 2. The summed E-state index contributed by atoms with van der Waals surface area (Å²) in [6, 6.07) is 10.0. The highest BCUT2D eigenvalue weighted by Crippen LogP contribution is 2.12. The Morgan fingerprint density at radius 2 is 1.94 bits per heavy atom. The van der Waals surface area contributed by atoms with Gasteiger partial charge in [0.15, 0.2) is 0 Å². The van der Waals surface area contributed by atoms with Crippen LogP contribution in [0.5, 0.6) is 0 Å². The molecule has 1 aromatic rings. The van der Waals surface area contributed by atoms with Crippen molar-refractivity contribution in [3.8, 4) is 0 Å². The maximum absolute atomic E-state index is 12.1. The van der Waals surface area contributed by atoms with Gasteiger partial charge in [-0.25, -0.2) is 0 Å². The predicted octanol–water partition coefficient (Wildman–Crippen LogP) is 2.43. The van der Waals surface area contributed by atoms with Crippen molar-refractivity contribution >= 4 is 10.8 Å². The number of hydrogen-bond donors (Lipinski definition) is 1. The molecule has 0 aliphatic heterocycles. The van der Waals surface area contributed by atoms with E-state index < -0.39 is 10.8 Å². The minimum atomic E-state index is -0.898. The summed E-state index contributed by atoms with van der Waals surface area (Å²) < 4.78 is 12.1. The first-order chi connectivity index (χ1) is 7.69. The van der Waals surface area contributed by atoms with Crippen LogP contribution in [-0.2, 0) is 10.8 Å². The van der Waals surface area contributed by atoms with Crippen LogP contribution in [0.4, 0.5) is 0 Å². The van der Waals surface area contributed by atoms with Crippen molar-refractivity contribution in [2.75, 3.05) is 12.8 Å². The molecule has 1 N–H and O–H groups in total. The highest BCUT2D eigenvalue weighted by molar-refractivity contribution is 7.85. The van der Waals surface area contributed by atoms with Gasteiger partial charge in [-0.15, -0.1) is 0 Å². The van der Waals surface area contributed by atoms with E-state index in [2.05, 4.69) is 19.2 Å². The van der Waals surface area contributed by atoms with Gasteiger partial charge in [-0.3, -0.25) is 4.21 Å². The normalized spacial score (nSPS) is 16.7. The van der Waals surface area contributed by atoms with Crippen LogP contribution in [0.1, 0.15) is 20.3 Å². The zero-order valence-electron chi connectivity index (χ0n) is 10.3. The predicted molar refractivity (Wildman–Crippen MR) is 70.0 cm³/mol. The smallest absolute Gasteiger partial charge is 0.0545 e. The van der Waals surface area contributed by atoms with Crippen LogP contribution in [0.15, 0.2) is 35.2 Å². The minimum Gasteiger partial charge on any atom is -0.316 e. The summed E-state index contributed by atoms with van der Waals surface area (Å²) >= 11 is 0. The fourth-order valence-electron chi connectivity index (χ4n) is 1.65. The van der Waals surface area contributed by atoms with Gasteiger partial charge in [-0.05, 0) is 25.1 Å². The zero-order chi connectivity index (χ0) is 12.0. The van der Waals surface area contributed by atoms with Crippen LogP contribution in [-0.4, -0.2) is 23.1 Å². The first-order valence-corrected chi connectivity index (χ1v) is 7.11. The lowest BCUT2D eigenvalue weighted by Gasteiger charge is -2.21. The molecule has 90 valence electrons. The molecule has 2 nitrogen and oxygen atoms in total. The highest BCUT2D eigenvalue weighted by Gasteiger charge is 2.17. The Hall–Kier alpha value is -0.670. The van der Waals surface area contributed by atoms with Crippen molar-refractivity contribution in [2.45, 2.75) is 31.2 Å². The standard InChI is InChI=1S/C13H21NOS/c1-4-11(2)13(14-3)10-16(15)12-8-6-5-7-9-12/h5-9,11,13-14H,4,10H2,1-3H3. The largest absolute Gasteiger partial charge is 0.316 e. The third-order valence-corrected chi connectivity index (χ3v) is 4.50. The molecule has 3 heteroatoms. The molecule has 0 amide bonds. The van der Waals surface area contributed by atoms with Crippen molar-refractivity contribution in [1.82, 2.24) is 5.32 Å². The van der Waals surface area contributed by atoms with Crippen LogP contribution in [0.2, 0.25) is 0 Å². The minimum absolute atomic E-state index is 0.325. The van der Waals surface area contributed by atoms with Crippen LogP contribution in [0.25, 0.3) is 0 Å². The average molecular weight is 239 g/mol. The topological polar surface area (TPSA) is 29.1 Å². The first kappa shape index (κ1) is 13.4. The summed E-state index contributed by atoms with van der Waals surface area (Å²) in [5.41, 5.74) is 0. The third-order valence-electron chi connectivity index (χ3n) is 3.04. The molecule has 0 fully saturated rings. The Bertz CT molecular complexity index is 326. The Balaban J connectivity index is 2.63. The second-order valence-electron chi connectivity index (χ2n) is 4.11. The van der Waals surface area contributed by atoms with Gasteiger partial charge in [0.25, 0.3) is 0 Å². The molecule has 0 bridgehead atoms. The SMILES string of the molecule is CCC(C)C(CS(=O)c1ccccc1)NC. The molecule has 0 aliphatic rings. The molecule has 0 aliphatic carbocycles. The van der Waals surface area contributed by atoms with E-state index in [9.17, 15) is 4.21 Å². The molecule has 1 rings (SSSR count). The highest BCUT2D eigenvalue weighted by atomic mass is 32.2. The lowest BCUT2D eigenvalue weighted by Crippen LogP contribution is -2.36. The van der Waals surface area contributed by atoms with E-state index in [1.165, 1.54) is 0 Å². The van der Waals surface area contributed by atoms with Gasteiger partial charge < -0.3 is 5.32 Å². The maximum atomic E-state index is 12.1. The van der Waals surface area contributed by atoms with E-state index in [0.29, 0.717) is 17.7 Å². The maximum Gasteiger partial charge on any atom is 0.0545 e. The fraction of sp³-hybridized carbons (Fsp3) is 0.538. The van der Waals surface area contributed by atoms with Gasteiger partial charge in [0.2, 0.25) is 0 Å². The lowest BCUT2D eigenvalue weighted by atomic mass is 10.0. The van der Waals surface area contributed by atoms with Gasteiger partial charge in [-0.2, -0.15) is 0 Å². The molecule has 1 aromatic carbocycles. The van der Waals surface area contributed by atoms with E-state index in [0.717, 1.165) is 11.3 Å². The second kappa shape index (κ2) is 6.81.